The fraction of sp³-hybridized carbons (Fsp3) is 0.286. The van der Waals surface area contributed by atoms with Gasteiger partial charge in [-0.3, -0.25) is 4.79 Å². The third-order valence-corrected chi connectivity index (χ3v) is 3.95. The lowest BCUT2D eigenvalue weighted by Gasteiger charge is -2.18. The summed E-state index contributed by atoms with van der Waals surface area (Å²) in [6.07, 6.45) is -1.79. The average molecular weight is 351 g/mol. The van der Waals surface area contributed by atoms with Crippen molar-refractivity contribution in [2.24, 2.45) is 0 Å². The van der Waals surface area contributed by atoms with Gasteiger partial charge in [0.05, 0.1) is 11.6 Å². The van der Waals surface area contributed by atoms with Gasteiger partial charge in [-0.05, 0) is 63.6 Å². The van der Waals surface area contributed by atoms with E-state index in [1.165, 1.54) is 0 Å². The predicted molar refractivity (Wildman–Crippen MR) is 97.0 cm³/mol. The van der Waals surface area contributed by atoms with E-state index in [1.807, 2.05) is 32.0 Å². The number of rotatable bonds is 6. The van der Waals surface area contributed by atoms with Crippen LogP contribution in [0.3, 0.4) is 0 Å². The van der Waals surface area contributed by atoms with Crippen molar-refractivity contribution in [1.82, 2.24) is 0 Å². The molecule has 0 aliphatic heterocycles. The van der Waals surface area contributed by atoms with Gasteiger partial charge in [-0.15, -0.1) is 0 Å². The number of nitrogens with zero attached hydrogens (tertiary/aromatic N) is 1. The number of esters is 1. The number of nitriles is 1. The molecule has 134 valence electrons. The van der Waals surface area contributed by atoms with E-state index >= 15 is 0 Å². The van der Waals surface area contributed by atoms with Gasteiger partial charge in [-0.25, -0.2) is 4.79 Å². The summed E-state index contributed by atoms with van der Waals surface area (Å²) in [5.41, 5.74) is 2.85. The van der Waals surface area contributed by atoms with E-state index in [0.29, 0.717) is 16.9 Å². The average Bonchev–Trinajstić information content (AvgIpc) is 2.63. The van der Waals surface area contributed by atoms with Crippen LogP contribution in [-0.2, 0) is 9.53 Å². The van der Waals surface area contributed by atoms with E-state index in [9.17, 15) is 9.59 Å². The van der Waals surface area contributed by atoms with Crippen LogP contribution in [0.2, 0.25) is 0 Å². The lowest BCUT2D eigenvalue weighted by Crippen LogP contribution is -2.32. The van der Waals surface area contributed by atoms with Gasteiger partial charge in [0.2, 0.25) is 5.78 Å². The number of carbonyl (C=O) groups is 2. The minimum absolute atomic E-state index is 0.245. The highest BCUT2D eigenvalue weighted by Crippen LogP contribution is 2.17. The quantitative estimate of drug-likeness (QED) is 0.585. The van der Waals surface area contributed by atoms with Crippen molar-refractivity contribution in [1.29, 1.82) is 5.26 Å². The summed E-state index contributed by atoms with van der Waals surface area (Å²) in [7, 11) is 0. The number of ether oxygens (including phenoxy) is 2. The SMILES string of the molecule is Cc1ccc(C)c(C(=O)[C@@H](C)OC(=O)[C@@H](C)Oc2ccc(C#N)cc2)c1. The van der Waals surface area contributed by atoms with Gasteiger partial charge in [0, 0.05) is 5.56 Å². The van der Waals surface area contributed by atoms with Crippen LogP contribution in [0.15, 0.2) is 42.5 Å². The zero-order chi connectivity index (χ0) is 19.3. The Morgan fingerprint density at radius 1 is 1.00 bits per heavy atom. The molecule has 2 atom stereocenters. The van der Waals surface area contributed by atoms with Gasteiger partial charge in [-0.2, -0.15) is 5.26 Å². The van der Waals surface area contributed by atoms with Crippen LogP contribution in [0.1, 0.15) is 40.9 Å². The zero-order valence-corrected chi connectivity index (χ0v) is 15.3. The summed E-state index contributed by atoms with van der Waals surface area (Å²) in [6.45, 7) is 6.85. The maximum absolute atomic E-state index is 12.6. The Labute approximate surface area is 153 Å². The molecule has 0 saturated carbocycles. The Hall–Kier alpha value is -3.13. The number of benzene rings is 2. The Bertz CT molecular complexity index is 849. The van der Waals surface area contributed by atoms with Gasteiger partial charge < -0.3 is 9.47 Å². The normalized spacial score (nSPS) is 12.6. The molecule has 0 radical (unpaired) electrons. The van der Waals surface area contributed by atoms with Crippen molar-refractivity contribution in [3.05, 3.63) is 64.7 Å². The van der Waals surface area contributed by atoms with E-state index in [0.717, 1.165) is 11.1 Å². The highest BCUT2D eigenvalue weighted by molar-refractivity contribution is 6.01. The van der Waals surface area contributed by atoms with Crippen LogP contribution in [0.4, 0.5) is 0 Å². The molecule has 0 unspecified atom stereocenters. The molecule has 0 aromatic heterocycles. The molecule has 0 heterocycles. The fourth-order valence-corrected chi connectivity index (χ4v) is 2.40. The van der Waals surface area contributed by atoms with Crippen molar-refractivity contribution in [2.45, 2.75) is 39.9 Å². The van der Waals surface area contributed by atoms with Crippen molar-refractivity contribution < 1.29 is 19.1 Å². The zero-order valence-electron chi connectivity index (χ0n) is 15.3. The molecule has 0 amide bonds. The highest BCUT2D eigenvalue weighted by atomic mass is 16.6. The van der Waals surface area contributed by atoms with Crippen LogP contribution in [0.25, 0.3) is 0 Å². The van der Waals surface area contributed by atoms with E-state index in [-0.39, 0.29) is 5.78 Å². The first-order valence-electron chi connectivity index (χ1n) is 8.30. The Morgan fingerprint density at radius 2 is 1.65 bits per heavy atom. The Morgan fingerprint density at radius 3 is 2.27 bits per heavy atom. The molecule has 5 nitrogen and oxygen atoms in total. The molecule has 2 rings (SSSR count). The number of ketones is 1. The van der Waals surface area contributed by atoms with E-state index < -0.39 is 18.2 Å². The van der Waals surface area contributed by atoms with E-state index in [4.69, 9.17) is 14.7 Å². The smallest absolute Gasteiger partial charge is 0.347 e. The van der Waals surface area contributed by atoms with Crippen molar-refractivity contribution in [3.63, 3.8) is 0 Å². The van der Waals surface area contributed by atoms with Crippen molar-refractivity contribution >= 4 is 11.8 Å². The van der Waals surface area contributed by atoms with Crippen LogP contribution in [-0.4, -0.2) is 24.0 Å². The maximum atomic E-state index is 12.6. The molecule has 2 aromatic rings. The van der Waals surface area contributed by atoms with Crippen LogP contribution in [0.5, 0.6) is 5.75 Å². The molecule has 26 heavy (non-hydrogen) atoms. The highest BCUT2D eigenvalue weighted by Gasteiger charge is 2.25. The monoisotopic (exact) mass is 351 g/mol. The first-order chi connectivity index (χ1) is 12.3. The maximum Gasteiger partial charge on any atom is 0.347 e. The number of hydrogen-bond donors (Lipinski definition) is 0. The van der Waals surface area contributed by atoms with Crippen molar-refractivity contribution in [2.75, 3.05) is 0 Å². The third-order valence-electron chi connectivity index (χ3n) is 3.95. The summed E-state index contributed by atoms with van der Waals surface area (Å²) < 4.78 is 10.8. The molecule has 2 aromatic carbocycles. The molecule has 0 aliphatic rings. The summed E-state index contributed by atoms with van der Waals surface area (Å²) in [4.78, 5) is 24.8. The second kappa shape index (κ2) is 8.30. The molecule has 0 fully saturated rings. The van der Waals surface area contributed by atoms with E-state index in [1.54, 1.807) is 44.2 Å². The first-order valence-corrected chi connectivity index (χ1v) is 8.30. The number of Topliss-reactive ketones (excluding diaryl/α,β-unsaturated/α-hetero) is 1. The topological polar surface area (TPSA) is 76.4 Å². The standard InChI is InChI=1S/C21H21NO4/c1-13-5-6-14(2)19(11-13)20(23)15(3)26-21(24)16(4)25-18-9-7-17(12-22)8-10-18/h5-11,15-16H,1-4H3/t15-,16-/m1/s1. The molecular weight excluding hydrogens is 330 g/mol. The number of hydrogen-bond acceptors (Lipinski definition) is 5. The molecular formula is C21H21NO4. The molecule has 5 heteroatoms. The Balaban J connectivity index is 1.99. The van der Waals surface area contributed by atoms with Gasteiger partial charge >= 0.3 is 5.97 Å². The number of carbonyl (C=O) groups excluding carboxylic acids is 2. The molecule has 0 saturated heterocycles. The fourth-order valence-electron chi connectivity index (χ4n) is 2.40. The van der Waals surface area contributed by atoms with Gasteiger partial charge in [0.25, 0.3) is 0 Å². The van der Waals surface area contributed by atoms with Crippen LogP contribution < -0.4 is 4.74 Å². The van der Waals surface area contributed by atoms with Gasteiger partial charge in [0.1, 0.15) is 5.75 Å². The summed E-state index contributed by atoms with van der Waals surface area (Å²) in [5, 5.41) is 8.78. The van der Waals surface area contributed by atoms with Crippen molar-refractivity contribution in [3.8, 4) is 11.8 Å². The van der Waals surface area contributed by atoms with Crippen LogP contribution in [0, 0.1) is 25.2 Å². The van der Waals surface area contributed by atoms with Gasteiger partial charge in [0.15, 0.2) is 12.2 Å². The Kier molecular flexibility index (Phi) is 6.13. The third kappa shape index (κ3) is 4.70. The number of aryl methyl sites for hydroxylation is 2. The molecule has 0 aliphatic carbocycles. The summed E-state index contributed by atoms with van der Waals surface area (Å²) >= 11 is 0. The summed E-state index contributed by atoms with van der Waals surface area (Å²) in [5.74, 6) is -0.424. The largest absolute Gasteiger partial charge is 0.479 e. The predicted octanol–water partition coefficient (Wildman–Crippen LogP) is 3.76. The second-order valence-electron chi connectivity index (χ2n) is 6.16. The lowest BCUT2D eigenvalue weighted by molar-refractivity contribution is -0.153. The molecule has 0 spiro atoms. The van der Waals surface area contributed by atoms with Gasteiger partial charge in [-0.1, -0.05) is 17.7 Å². The van der Waals surface area contributed by atoms with Crippen LogP contribution >= 0.6 is 0 Å². The summed E-state index contributed by atoms with van der Waals surface area (Å²) in [6, 6.07) is 14.0. The lowest BCUT2D eigenvalue weighted by atomic mass is 9.99. The molecule has 0 N–H and O–H groups in total. The first kappa shape index (κ1) is 19.2. The second-order valence-corrected chi connectivity index (χ2v) is 6.16. The minimum atomic E-state index is -0.907. The van der Waals surface area contributed by atoms with E-state index in [2.05, 4.69) is 0 Å². The molecule has 0 bridgehead atoms. The minimum Gasteiger partial charge on any atom is -0.479 e.